The SMILES string of the molecule is CC(C)(C)CC(C)(C)NCCc1ccccc1. The molecule has 0 spiro atoms. The third kappa shape index (κ3) is 6.48. The molecule has 0 bridgehead atoms. The van der Waals surface area contributed by atoms with Crippen LogP contribution in [0.1, 0.15) is 46.6 Å². The Morgan fingerprint density at radius 3 is 2.06 bits per heavy atom. The number of hydrogen-bond acceptors (Lipinski definition) is 1. The molecule has 0 aliphatic heterocycles. The lowest BCUT2D eigenvalue weighted by atomic mass is 9.82. The van der Waals surface area contributed by atoms with Gasteiger partial charge >= 0.3 is 0 Å². The van der Waals surface area contributed by atoms with Crippen LogP contribution in [0, 0.1) is 5.41 Å². The van der Waals surface area contributed by atoms with E-state index in [9.17, 15) is 0 Å². The summed E-state index contributed by atoms with van der Waals surface area (Å²) in [7, 11) is 0. The molecule has 0 amide bonds. The zero-order chi connectivity index (χ0) is 12.9. The molecule has 0 heterocycles. The van der Waals surface area contributed by atoms with Gasteiger partial charge in [0, 0.05) is 5.54 Å². The number of benzene rings is 1. The standard InChI is InChI=1S/C16H27N/c1-15(2,3)13-16(4,5)17-12-11-14-9-7-6-8-10-14/h6-10,17H,11-13H2,1-5H3. The van der Waals surface area contributed by atoms with Crippen LogP contribution in [0.3, 0.4) is 0 Å². The zero-order valence-corrected chi connectivity index (χ0v) is 12.0. The predicted octanol–water partition coefficient (Wildman–Crippen LogP) is 4.03. The van der Waals surface area contributed by atoms with Gasteiger partial charge in [0.15, 0.2) is 0 Å². The van der Waals surface area contributed by atoms with Crippen molar-refractivity contribution in [1.29, 1.82) is 0 Å². The van der Waals surface area contributed by atoms with Gasteiger partial charge in [-0.2, -0.15) is 0 Å². The van der Waals surface area contributed by atoms with Gasteiger partial charge in [0.05, 0.1) is 0 Å². The molecule has 0 atom stereocenters. The predicted molar refractivity (Wildman–Crippen MR) is 76.3 cm³/mol. The molecule has 1 heteroatoms. The van der Waals surface area contributed by atoms with Gasteiger partial charge in [-0.15, -0.1) is 0 Å². The first-order chi connectivity index (χ1) is 7.79. The van der Waals surface area contributed by atoms with E-state index in [2.05, 4.69) is 70.3 Å². The fourth-order valence-electron chi connectivity index (χ4n) is 2.58. The quantitative estimate of drug-likeness (QED) is 0.809. The van der Waals surface area contributed by atoms with E-state index in [1.165, 1.54) is 12.0 Å². The summed E-state index contributed by atoms with van der Waals surface area (Å²) in [5, 5.41) is 3.66. The average molecular weight is 233 g/mol. The van der Waals surface area contributed by atoms with Crippen LogP contribution in [0.2, 0.25) is 0 Å². The Kier molecular flexibility index (Phi) is 4.76. The highest BCUT2D eigenvalue weighted by atomic mass is 14.9. The fraction of sp³-hybridized carbons (Fsp3) is 0.625. The van der Waals surface area contributed by atoms with E-state index in [4.69, 9.17) is 0 Å². The molecule has 0 radical (unpaired) electrons. The van der Waals surface area contributed by atoms with Gasteiger partial charge in [-0.1, -0.05) is 51.1 Å². The maximum absolute atomic E-state index is 3.66. The second-order valence-electron chi connectivity index (χ2n) is 6.78. The van der Waals surface area contributed by atoms with Crippen molar-refractivity contribution >= 4 is 0 Å². The summed E-state index contributed by atoms with van der Waals surface area (Å²) in [4.78, 5) is 0. The average Bonchev–Trinajstić information content (AvgIpc) is 2.15. The molecule has 0 saturated heterocycles. The number of rotatable bonds is 5. The maximum Gasteiger partial charge on any atom is 0.0130 e. The third-order valence-electron chi connectivity index (χ3n) is 2.83. The molecule has 1 nitrogen and oxygen atoms in total. The normalized spacial score (nSPS) is 12.8. The zero-order valence-electron chi connectivity index (χ0n) is 12.0. The Balaban J connectivity index is 2.35. The van der Waals surface area contributed by atoms with Crippen LogP contribution in [-0.2, 0) is 6.42 Å². The highest BCUT2D eigenvalue weighted by Gasteiger charge is 2.24. The summed E-state index contributed by atoms with van der Waals surface area (Å²) in [6.07, 6.45) is 2.29. The van der Waals surface area contributed by atoms with Crippen LogP contribution in [-0.4, -0.2) is 12.1 Å². The second kappa shape index (κ2) is 5.68. The molecule has 1 rings (SSSR count). The van der Waals surface area contributed by atoms with Crippen molar-refractivity contribution in [1.82, 2.24) is 5.32 Å². The van der Waals surface area contributed by atoms with E-state index < -0.39 is 0 Å². The molecule has 1 aromatic rings. The van der Waals surface area contributed by atoms with Crippen molar-refractivity contribution in [3.8, 4) is 0 Å². The fourth-order valence-corrected chi connectivity index (χ4v) is 2.58. The summed E-state index contributed by atoms with van der Waals surface area (Å²) in [5.41, 5.74) is 2.00. The summed E-state index contributed by atoms with van der Waals surface area (Å²) >= 11 is 0. The van der Waals surface area contributed by atoms with Crippen LogP contribution >= 0.6 is 0 Å². The van der Waals surface area contributed by atoms with Gasteiger partial charge in [0.1, 0.15) is 0 Å². The summed E-state index contributed by atoms with van der Waals surface area (Å²) in [6.45, 7) is 12.5. The van der Waals surface area contributed by atoms with E-state index in [-0.39, 0.29) is 5.54 Å². The molecular weight excluding hydrogens is 206 g/mol. The monoisotopic (exact) mass is 233 g/mol. The number of nitrogens with one attached hydrogen (secondary N) is 1. The van der Waals surface area contributed by atoms with Crippen LogP contribution < -0.4 is 5.32 Å². The summed E-state index contributed by atoms with van der Waals surface area (Å²) in [6, 6.07) is 10.7. The van der Waals surface area contributed by atoms with Crippen molar-refractivity contribution in [2.45, 2.75) is 53.0 Å². The van der Waals surface area contributed by atoms with Crippen LogP contribution in [0.15, 0.2) is 30.3 Å². The third-order valence-corrected chi connectivity index (χ3v) is 2.83. The van der Waals surface area contributed by atoms with E-state index in [0.717, 1.165) is 13.0 Å². The van der Waals surface area contributed by atoms with Gasteiger partial charge in [-0.05, 0) is 44.2 Å². The highest BCUT2D eigenvalue weighted by molar-refractivity contribution is 5.14. The first kappa shape index (κ1) is 14.2. The molecule has 0 aromatic heterocycles. The minimum Gasteiger partial charge on any atom is -0.311 e. The van der Waals surface area contributed by atoms with E-state index in [0.29, 0.717) is 5.41 Å². The van der Waals surface area contributed by atoms with Gasteiger partial charge < -0.3 is 5.32 Å². The topological polar surface area (TPSA) is 12.0 Å². The Bertz CT molecular complexity index is 319. The maximum atomic E-state index is 3.66. The molecule has 0 saturated carbocycles. The van der Waals surface area contributed by atoms with Crippen LogP contribution in [0.5, 0.6) is 0 Å². The molecule has 96 valence electrons. The highest BCUT2D eigenvalue weighted by Crippen LogP contribution is 2.26. The van der Waals surface area contributed by atoms with Crippen LogP contribution in [0.25, 0.3) is 0 Å². The molecule has 0 fully saturated rings. The van der Waals surface area contributed by atoms with Crippen molar-refractivity contribution in [3.63, 3.8) is 0 Å². The lowest BCUT2D eigenvalue weighted by Crippen LogP contribution is -2.43. The largest absolute Gasteiger partial charge is 0.311 e. The Morgan fingerprint density at radius 1 is 0.941 bits per heavy atom. The summed E-state index contributed by atoms with van der Waals surface area (Å²) < 4.78 is 0. The summed E-state index contributed by atoms with van der Waals surface area (Å²) in [5.74, 6) is 0. The lowest BCUT2D eigenvalue weighted by Gasteiger charge is -2.33. The minimum absolute atomic E-state index is 0.215. The Hall–Kier alpha value is -0.820. The molecule has 0 aliphatic carbocycles. The molecule has 17 heavy (non-hydrogen) atoms. The van der Waals surface area contributed by atoms with E-state index in [1.54, 1.807) is 0 Å². The second-order valence-corrected chi connectivity index (χ2v) is 6.78. The first-order valence-electron chi connectivity index (χ1n) is 6.57. The van der Waals surface area contributed by atoms with Gasteiger partial charge in [0.25, 0.3) is 0 Å². The lowest BCUT2D eigenvalue weighted by molar-refractivity contribution is 0.243. The molecular formula is C16H27N. The van der Waals surface area contributed by atoms with Crippen molar-refractivity contribution in [3.05, 3.63) is 35.9 Å². The van der Waals surface area contributed by atoms with Crippen LogP contribution in [0.4, 0.5) is 0 Å². The van der Waals surface area contributed by atoms with Gasteiger partial charge in [0.2, 0.25) is 0 Å². The Morgan fingerprint density at radius 2 is 1.53 bits per heavy atom. The van der Waals surface area contributed by atoms with Crippen molar-refractivity contribution in [2.24, 2.45) is 5.41 Å². The van der Waals surface area contributed by atoms with E-state index in [1.807, 2.05) is 0 Å². The smallest absolute Gasteiger partial charge is 0.0130 e. The molecule has 0 aliphatic rings. The van der Waals surface area contributed by atoms with Gasteiger partial charge in [-0.3, -0.25) is 0 Å². The Labute approximate surface area is 107 Å². The number of hydrogen-bond donors (Lipinski definition) is 1. The molecule has 1 aromatic carbocycles. The van der Waals surface area contributed by atoms with Gasteiger partial charge in [-0.25, -0.2) is 0 Å². The van der Waals surface area contributed by atoms with Crippen molar-refractivity contribution in [2.75, 3.05) is 6.54 Å². The molecule has 1 N–H and O–H groups in total. The molecule has 0 unspecified atom stereocenters. The first-order valence-corrected chi connectivity index (χ1v) is 6.57. The van der Waals surface area contributed by atoms with Crippen molar-refractivity contribution < 1.29 is 0 Å². The van der Waals surface area contributed by atoms with E-state index >= 15 is 0 Å². The minimum atomic E-state index is 0.215.